The Balaban J connectivity index is 2.31. The number of benzene rings is 1. The fourth-order valence-electron chi connectivity index (χ4n) is 2.55. The number of hydrogen-bond acceptors (Lipinski definition) is 5. The van der Waals surface area contributed by atoms with Crippen LogP contribution in [0.4, 0.5) is 11.4 Å². The highest BCUT2D eigenvalue weighted by Crippen LogP contribution is 2.30. The monoisotopic (exact) mass is 311 g/mol. The second-order valence-electron chi connectivity index (χ2n) is 5.69. The Morgan fingerprint density at radius 2 is 2.14 bits per heavy atom. The van der Waals surface area contributed by atoms with Gasteiger partial charge in [0, 0.05) is 23.5 Å². The van der Waals surface area contributed by atoms with Crippen molar-refractivity contribution in [3.05, 3.63) is 23.8 Å². The van der Waals surface area contributed by atoms with Crippen molar-refractivity contribution < 1.29 is 13.2 Å². The molecular weight excluding hydrogens is 290 g/mol. The van der Waals surface area contributed by atoms with E-state index in [2.05, 4.69) is 10.6 Å². The molecule has 0 radical (unpaired) electrons. The molecule has 2 rings (SSSR count). The lowest BCUT2D eigenvalue weighted by molar-refractivity contribution is 0.0956. The Labute approximate surface area is 125 Å². The van der Waals surface area contributed by atoms with Crippen LogP contribution in [0.25, 0.3) is 0 Å². The van der Waals surface area contributed by atoms with Gasteiger partial charge in [-0.05, 0) is 38.5 Å². The number of anilines is 2. The Bertz CT molecular complexity index is 657. The summed E-state index contributed by atoms with van der Waals surface area (Å²) in [7, 11) is -3.02. The first-order valence-electron chi connectivity index (χ1n) is 6.91. The molecule has 1 atom stereocenters. The molecule has 0 aromatic heterocycles. The van der Waals surface area contributed by atoms with Gasteiger partial charge in [-0.3, -0.25) is 4.79 Å². The smallest absolute Gasteiger partial charge is 0.253 e. The van der Waals surface area contributed by atoms with Gasteiger partial charge in [0.15, 0.2) is 9.84 Å². The summed E-state index contributed by atoms with van der Waals surface area (Å²) in [4.78, 5) is 12.1. The Morgan fingerprint density at radius 3 is 2.71 bits per heavy atom. The molecule has 4 N–H and O–H groups in total. The predicted octanol–water partition coefficient (Wildman–Crippen LogP) is 1.01. The molecule has 21 heavy (non-hydrogen) atoms. The minimum absolute atomic E-state index is 0.0592. The SMILES string of the molecule is CCNC(=O)c1ccc(N)cc1NC1(C)CCS(=O)(=O)C1. The standard InChI is InChI=1S/C14H21N3O3S/c1-3-16-13(18)11-5-4-10(15)8-12(11)17-14(2)6-7-21(19,20)9-14/h4-5,8,17H,3,6-7,9,15H2,1-2H3,(H,16,18). The van der Waals surface area contributed by atoms with E-state index in [0.717, 1.165) is 0 Å². The molecule has 1 fully saturated rings. The van der Waals surface area contributed by atoms with Crippen LogP contribution in [-0.2, 0) is 9.84 Å². The molecule has 1 aromatic rings. The molecule has 1 saturated heterocycles. The number of carbonyl (C=O) groups is 1. The first-order valence-corrected chi connectivity index (χ1v) is 8.73. The third-order valence-electron chi connectivity index (χ3n) is 3.57. The summed E-state index contributed by atoms with van der Waals surface area (Å²) in [6, 6.07) is 4.97. The summed E-state index contributed by atoms with van der Waals surface area (Å²) >= 11 is 0. The third kappa shape index (κ3) is 3.66. The topological polar surface area (TPSA) is 101 Å². The fraction of sp³-hybridized carbons (Fsp3) is 0.500. The van der Waals surface area contributed by atoms with Crippen molar-refractivity contribution in [3.8, 4) is 0 Å². The van der Waals surface area contributed by atoms with Crippen molar-refractivity contribution >= 4 is 27.1 Å². The molecule has 0 aliphatic carbocycles. The largest absolute Gasteiger partial charge is 0.399 e. The molecule has 1 heterocycles. The Kier molecular flexibility index (Phi) is 4.13. The van der Waals surface area contributed by atoms with Crippen LogP contribution in [0.15, 0.2) is 18.2 Å². The van der Waals surface area contributed by atoms with Gasteiger partial charge in [-0.15, -0.1) is 0 Å². The van der Waals surface area contributed by atoms with Gasteiger partial charge >= 0.3 is 0 Å². The van der Waals surface area contributed by atoms with Crippen LogP contribution in [0, 0.1) is 0 Å². The van der Waals surface area contributed by atoms with Crippen LogP contribution in [0.3, 0.4) is 0 Å². The Hall–Kier alpha value is -1.76. The van der Waals surface area contributed by atoms with Crippen LogP contribution < -0.4 is 16.4 Å². The van der Waals surface area contributed by atoms with Gasteiger partial charge in [0.25, 0.3) is 5.91 Å². The highest BCUT2D eigenvalue weighted by atomic mass is 32.2. The summed E-state index contributed by atoms with van der Waals surface area (Å²) < 4.78 is 23.4. The minimum atomic E-state index is -3.02. The maximum absolute atomic E-state index is 12.1. The number of amides is 1. The molecule has 0 bridgehead atoms. The van der Waals surface area contributed by atoms with E-state index in [-0.39, 0.29) is 17.4 Å². The lowest BCUT2D eigenvalue weighted by Crippen LogP contribution is -2.37. The number of nitrogens with one attached hydrogen (secondary N) is 2. The van der Waals surface area contributed by atoms with Crippen molar-refractivity contribution in [2.75, 3.05) is 29.1 Å². The van der Waals surface area contributed by atoms with Crippen molar-refractivity contribution in [1.29, 1.82) is 0 Å². The van der Waals surface area contributed by atoms with Gasteiger partial charge in [-0.25, -0.2) is 8.42 Å². The maximum atomic E-state index is 12.1. The van der Waals surface area contributed by atoms with E-state index < -0.39 is 15.4 Å². The lowest BCUT2D eigenvalue weighted by Gasteiger charge is -2.27. The van der Waals surface area contributed by atoms with Crippen molar-refractivity contribution in [3.63, 3.8) is 0 Å². The number of hydrogen-bond donors (Lipinski definition) is 3. The van der Waals surface area contributed by atoms with Crippen molar-refractivity contribution in [2.45, 2.75) is 25.8 Å². The quantitative estimate of drug-likeness (QED) is 0.720. The van der Waals surface area contributed by atoms with E-state index in [1.165, 1.54) is 0 Å². The molecule has 0 saturated carbocycles. The predicted molar refractivity (Wildman–Crippen MR) is 84.2 cm³/mol. The number of sulfone groups is 1. The lowest BCUT2D eigenvalue weighted by atomic mass is 10.00. The fourth-order valence-corrected chi connectivity index (χ4v) is 4.65. The molecule has 0 spiro atoms. The summed E-state index contributed by atoms with van der Waals surface area (Å²) in [6.07, 6.45) is 0.513. The van der Waals surface area contributed by atoms with E-state index in [0.29, 0.717) is 29.9 Å². The molecular formula is C14H21N3O3S. The second-order valence-corrected chi connectivity index (χ2v) is 7.88. The number of nitrogen functional groups attached to an aromatic ring is 1. The van der Waals surface area contributed by atoms with Crippen LogP contribution >= 0.6 is 0 Å². The Morgan fingerprint density at radius 1 is 1.43 bits per heavy atom. The van der Waals surface area contributed by atoms with Gasteiger partial charge in [0.2, 0.25) is 0 Å². The van der Waals surface area contributed by atoms with Gasteiger partial charge in [-0.1, -0.05) is 0 Å². The molecule has 7 heteroatoms. The van der Waals surface area contributed by atoms with E-state index in [1.807, 2.05) is 13.8 Å². The summed E-state index contributed by atoms with van der Waals surface area (Å²) in [5.41, 5.74) is 6.77. The van der Waals surface area contributed by atoms with E-state index >= 15 is 0 Å². The zero-order chi connectivity index (χ0) is 15.7. The van der Waals surface area contributed by atoms with E-state index in [4.69, 9.17) is 5.73 Å². The molecule has 1 aliphatic heterocycles. The van der Waals surface area contributed by atoms with E-state index in [1.54, 1.807) is 18.2 Å². The zero-order valence-corrected chi connectivity index (χ0v) is 13.1. The zero-order valence-electron chi connectivity index (χ0n) is 12.3. The van der Waals surface area contributed by atoms with Gasteiger partial charge in [-0.2, -0.15) is 0 Å². The highest BCUT2D eigenvalue weighted by molar-refractivity contribution is 7.91. The number of carbonyl (C=O) groups excluding carboxylic acids is 1. The van der Waals surface area contributed by atoms with Crippen LogP contribution in [-0.4, -0.2) is 37.9 Å². The molecule has 116 valence electrons. The molecule has 1 aliphatic rings. The summed E-state index contributed by atoms with van der Waals surface area (Å²) in [6.45, 7) is 4.21. The highest BCUT2D eigenvalue weighted by Gasteiger charge is 2.38. The normalized spacial score (nSPS) is 23.7. The van der Waals surface area contributed by atoms with Gasteiger partial charge < -0.3 is 16.4 Å². The van der Waals surface area contributed by atoms with Gasteiger partial charge in [0.1, 0.15) is 0 Å². The molecule has 1 aromatic carbocycles. The van der Waals surface area contributed by atoms with Gasteiger partial charge in [0.05, 0.1) is 17.1 Å². The molecule has 1 unspecified atom stereocenters. The van der Waals surface area contributed by atoms with Crippen molar-refractivity contribution in [2.24, 2.45) is 0 Å². The minimum Gasteiger partial charge on any atom is -0.399 e. The summed E-state index contributed by atoms with van der Waals surface area (Å²) in [5, 5.41) is 5.94. The summed E-state index contributed by atoms with van der Waals surface area (Å²) in [5.74, 6) is 0.0170. The average molecular weight is 311 g/mol. The van der Waals surface area contributed by atoms with Crippen LogP contribution in [0.2, 0.25) is 0 Å². The van der Waals surface area contributed by atoms with Crippen LogP contribution in [0.1, 0.15) is 30.6 Å². The average Bonchev–Trinajstić information content (AvgIpc) is 2.63. The molecule has 1 amide bonds. The third-order valence-corrected chi connectivity index (χ3v) is 5.47. The maximum Gasteiger partial charge on any atom is 0.253 e. The second kappa shape index (κ2) is 5.55. The van der Waals surface area contributed by atoms with Crippen molar-refractivity contribution in [1.82, 2.24) is 5.32 Å². The first-order chi connectivity index (χ1) is 9.75. The first kappa shape index (κ1) is 15.6. The number of nitrogens with two attached hydrogens (primary N) is 1. The van der Waals surface area contributed by atoms with Crippen LogP contribution in [0.5, 0.6) is 0 Å². The number of rotatable bonds is 4. The molecule has 6 nitrogen and oxygen atoms in total. The van der Waals surface area contributed by atoms with E-state index in [9.17, 15) is 13.2 Å².